The first-order valence-corrected chi connectivity index (χ1v) is 8.26. The molecule has 1 fully saturated rings. The molecular weight excluding hydrogens is 324 g/mol. The molecule has 4 heteroatoms. The largest absolute Gasteiger partial charge is 0.271 e. The molecule has 0 heterocycles. The van der Waals surface area contributed by atoms with Gasteiger partial charge >= 0.3 is 0 Å². The number of nitrogens with two attached hydrogens (primary N) is 1. The molecular formula is C15H22BrClN2. The number of hydrogen-bond acceptors (Lipinski definition) is 2. The molecule has 3 atom stereocenters. The predicted octanol–water partition coefficient (Wildman–Crippen LogP) is 4.82. The lowest BCUT2D eigenvalue weighted by atomic mass is 9.72. The van der Waals surface area contributed by atoms with E-state index < -0.39 is 0 Å². The normalized spacial score (nSPS) is 25.3. The Morgan fingerprint density at radius 3 is 2.84 bits per heavy atom. The summed E-state index contributed by atoms with van der Waals surface area (Å²) >= 11 is 9.93. The van der Waals surface area contributed by atoms with Gasteiger partial charge in [0.2, 0.25) is 0 Å². The third kappa shape index (κ3) is 3.33. The molecule has 0 saturated heterocycles. The molecule has 19 heavy (non-hydrogen) atoms. The van der Waals surface area contributed by atoms with E-state index in [-0.39, 0.29) is 6.04 Å². The quantitative estimate of drug-likeness (QED) is 0.606. The van der Waals surface area contributed by atoms with E-state index in [0.717, 1.165) is 21.0 Å². The van der Waals surface area contributed by atoms with Crippen LogP contribution in [0.25, 0.3) is 0 Å². The second kappa shape index (κ2) is 7.07. The van der Waals surface area contributed by atoms with E-state index in [1.807, 2.05) is 12.1 Å². The summed E-state index contributed by atoms with van der Waals surface area (Å²) in [5, 5.41) is 0.783. The van der Waals surface area contributed by atoms with Crippen LogP contribution in [0.2, 0.25) is 5.02 Å². The van der Waals surface area contributed by atoms with Crippen molar-refractivity contribution in [3.8, 4) is 0 Å². The second-order valence-electron chi connectivity index (χ2n) is 5.40. The minimum atomic E-state index is 0.148. The SMILES string of the molecule is CCC1CCCCC1C(NN)c1cccc(Br)c1Cl. The van der Waals surface area contributed by atoms with Gasteiger partial charge in [0.25, 0.3) is 0 Å². The molecule has 1 aromatic rings. The Labute approximate surface area is 129 Å². The van der Waals surface area contributed by atoms with Crippen molar-refractivity contribution in [2.45, 2.75) is 45.1 Å². The first-order chi connectivity index (χ1) is 9.19. The van der Waals surface area contributed by atoms with Gasteiger partial charge in [0, 0.05) is 4.47 Å². The molecule has 0 spiro atoms. The maximum absolute atomic E-state index is 6.43. The van der Waals surface area contributed by atoms with Gasteiger partial charge in [0.15, 0.2) is 0 Å². The van der Waals surface area contributed by atoms with Crippen LogP contribution in [-0.4, -0.2) is 0 Å². The van der Waals surface area contributed by atoms with Crippen molar-refractivity contribution in [3.05, 3.63) is 33.3 Å². The van der Waals surface area contributed by atoms with Crippen molar-refractivity contribution in [1.29, 1.82) is 0 Å². The van der Waals surface area contributed by atoms with E-state index in [4.69, 9.17) is 17.4 Å². The molecule has 2 rings (SSSR count). The average molecular weight is 346 g/mol. The fourth-order valence-electron chi connectivity index (χ4n) is 3.39. The number of halogens is 2. The lowest BCUT2D eigenvalue weighted by Crippen LogP contribution is -2.38. The van der Waals surface area contributed by atoms with Gasteiger partial charge in [-0.2, -0.15) is 0 Å². The lowest BCUT2D eigenvalue weighted by Gasteiger charge is -2.37. The summed E-state index contributed by atoms with van der Waals surface area (Å²) in [5.41, 5.74) is 4.13. The van der Waals surface area contributed by atoms with Crippen LogP contribution < -0.4 is 11.3 Å². The summed E-state index contributed by atoms with van der Waals surface area (Å²) in [7, 11) is 0. The first kappa shape index (κ1) is 15.3. The van der Waals surface area contributed by atoms with Crippen LogP contribution in [0.15, 0.2) is 22.7 Å². The van der Waals surface area contributed by atoms with Crippen molar-refractivity contribution >= 4 is 27.5 Å². The molecule has 0 aromatic heterocycles. The molecule has 3 N–H and O–H groups in total. The molecule has 0 amide bonds. The van der Waals surface area contributed by atoms with E-state index in [9.17, 15) is 0 Å². The van der Waals surface area contributed by atoms with E-state index >= 15 is 0 Å². The molecule has 0 bridgehead atoms. The van der Waals surface area contributed by atoms with Gasteiger partial charge in [-0.1, -0.05) is 56.3 Å². The summed E-state index contributed by atoms with van der Waals surface area (Å²) in [6, 6.07) is 6.23. The van der Waals surface area contributed by atoms with Crippen LogP contribution in [0.5, 0.6) is 0 Å². The highest BCUT2D eigenvalue weighted by molar-refractivity contribution is 9.10. The fraction of sp³-hybridized carbons (Fsp3) is 0.600. The van der Waals surface area contributed by atoms with E-state index in [0.29, 0.717) is 5.92 Å². The maximum atomic E-state index is 6.43. The number of benzene rings is 1. The van der Waals surface area contributed by atoms with Crippen molar-refractivity contribution in [2.24, 2.45) is 17.7 Å². The van der Waals surface area contributed by atoms with Gasteiger partial charge in [-0.05, 0) is 45.8 Å². The minimum Gasteiger partial charge on any atom is -0.271 e. The smallest absolute Gasteiger partial charge is 0.0596 e. The van der Waals surface area contributed by atoms with Crippen LogP contribution in [0.3, 0.4) is 0 Å². The number of nitrogens with one attached hydrogen (secondary N) is 1. The summed E-state index contributed by atoms with van der Waals surface area (Å²) < 4.78 is 0.941. The van der Waals surface area contributed by atoms with Crippen LogP contribution in [0.1, 0.15) is 50.6 Å². The van der Waals surface area contributed by atoms with Gasteiger partial charge < -0.3 is 0 Å². The Morgan fingerprint density at radius 2 is 2.16 bits per heavy atom. The molecule has 1 saturated carbocycles. The van der Waals surface area contributed by atoms with Gasteiger partial charge in [0.1, 0.15) is 0 Å². The molecule has 106 valence electrons. The Bertz CT molecular complexity index is 425. The highest BCUT2D eigenvalue weighted by Gasteiger charge is 2.32. The zero-order valence-corrected chi connectivity index (χ0v) is 13.7. The number of hydrazine groups is 1. The Hall–Kier alpha value is -0.0900. The van der Waals surface area contributed by atoms with E-state index in [2.05, 4.69) is 34.3 Å². The number of hydrogen-bond donors (Lipinski definition) is 2. The Balaban J connectivity index is 2.30. The van der Waals surface area contributed by atoms with Crippen molar-refractivity contribution in [1.82, 2.24) is 5.43 Å². The first-order valence-electron chi connectivity index (χ1n) is 7.09. The third-order valence-electron chi connectivity index (χ3n) is 4.42. The monoisotopic (exact) mass is 344 g/mol. The highest BCUT2D eigenvalue weighted by Crippen LogP contribution is 2.42. The molecule has 2 nitrogen and oxygen atoms in total. The van der Waals surface area contributed by atoms with Crippen LogP contribution in [-0.2, 0) is 0 Å². The molecule has 1 aliphatic carbocycles. The molecule has 1 aliphatic rings. The summed E-state index contributed by atoms with van der Waals surface area (Å²) in [5.74, 6) is 7.17. The predicted molar refractivity (Wildman–Crippen MR) is 85.0 cm³/mol. The Morgan fingerprint density at radius 1 is 1.42 bits per heavy atom. The van der Waals surface area contributed by atoms with Gasteiger partial charge in [0.05, 0.1) is 11.1 Å². The fourth-order valence-corrected chi connectivity index (χ4v) is 4.01. The zero-order chi connectivity index (χ0) is 13.8. The van der Waals surface area contributed by atoms with Gasteiger partial charge in [-0.15, -0.1) is 0 Å². The van der Waals surface area contributed by atoms with Gasteiger partial charge in [-0.25, -0.2) is 0 Å². The average Bonchev–Trinajstić information content (AvgIpc) is 2.45. The van der Waals surface area contributed by atoms with Crippen LogP contribution in [0, 0.1) is 11.8 Å². The Kier molecular flexibility index (Phi) is 5.70. The van der Waals surface area contributed by atoms with Crippen LogP contribution >= 0.6 is 27.5 Å². The topological polar surface area (TPSA) is 38.0 Å². The standard InChI is InChI=1S/C15H22BrClN2/c1-2-10-6-3-4-7-11(10)15(19-18)12-8-5-9-13(16)14(12)17/h5,8-11,15,19H,2-4,6-7,18H2,1H3. The van der Waals surface area contributed by atoms with Crippen LogP contribution in [0.4, 0.5) is 0 Å². The number of rotatable bonds is 4. The molecule has 0 radical (unpaired) electrons. The maximum Gasteiger partial charge on any atom is 0.0596 e. The van der Waals surface area contributed by atoms with E-state index in [1.165, 1.54) is 32.1 Å². The van der Waals surface area contributed by atoms with Crippen molar-refractivity contribution < 1.29 is 0 Å². The van der Waals surface area contributed by atoms with Crippen molar-refractivity contribution in [3.63, 3.8) is 0 Å². The summed E-state index contributed by atoms with van der Waals surface area (Å²) in [6.07, 6.45) is 6.40. The lowest BCUT2D eigenvalue weighted by molar-refractivity contribution is 0.176. The zero-order valence-electron chi connectivity index (χ0n) is 11.3. The summed E-state index contributed by atoms with van der Waals surface area (Å²) in [4.78, 5) is 0. The summed E-state index contributed by atoms with van der Waals surface area (Å²) in [6.45, 7) is 2.28. The van der Waals surface area contributed by atoms with E-state index in [1.54, 1.807) is 0 Å². The molecule has 3 unspecified atom stereocenters. The molecule has 0 aliphatic heterocycles. The minimum absolute atomic E-state index is 0.148. The van der Waals surface area contributed by atoms with Gasteiger partial charge in [-0.3, -0.25) is 11.3 Å². The van der Waals surface area contributed by atoms with Crippen molar-refractivity contribution in [2.75, 3.05) is 0 Å². The second-order valence-corrected chi connectivity index (χ2v) is 6.64. The highest BCUT2D eigenvalue weighted by atomic mass is 79.9. The molecule has 1 aromatic carbocycles. The third-order valence-corrected chi connectivity index (χ3v) is 5.73.